The molecule has 0 bridgehead atoms. The summed E-state index contributed by atoms with van der Waals surface area (Å²) < 4.78 is 1.17. The van der Waals surface area contributed by atoms with Crippen LogP contribution in [0.3, 0.4) is 0 Å². The predicted molar refractivity (Wildman–Crippen MR) is 78.9 cm³/mol. The van der Waals surface area contributed by atoms with Crippen LogP contribution in [0.2, 0.25) is 0 Å². The van der Waals surface area contributed by atoms with E-state index in [2.05, 4.69) is 10.4 Å². The normalized spacial score (nSPS) is 15.5. The summed E-state index contributed by atoms with van der Waals surface area (Å²) in [7, 11) is 1.54. The Labute approximate surface area is 122 Å². The van der Waals surface area contributed by atoms with Crippen LogP contribution in [0.4, 0.5) is 0 Å². The molecule has 0 spiro atoms. The Morgan fingerprint density at radius 2 is 1.95 bits per heavy atom. The highest BCUT2D eigenvalue weighted by Crippen LogP contribution is 2.40. The van der Waals surface area contributed by atoms with Crippen LogP contribution in [0.15, 0.2) is 47.3 Å². The lowest BCUT2D eigenvalue weighted by Gasteiger charge is -2.18. The van der Waals surface area contributed by atoms with Crippen molar-refractivity contribution in [2.24, 2.45) is 13.0 Å². The van der Waals surface area contributed by atoms with Crippen molar-refractivity contribution in [3.63, 3.8) is 0 Å². The lowest BCUT2D eigenvalue weighted by molar-refractivity contribution is 0.0924. The number of nitrogens with one attached hydrogen (secondary N) is 1. The highest BCUT2D eigenvalue weighted by Gasteiger charge is 2.33. The lowest BCUT2D eigenvalue weighted by Crippen LogP contribution is -2.32. The van der Waals surface area contributed by atoms with E-state index in [0.29, 0.717) is 5.92 Å². The van der Waals surface area contributed by atoms with E-state index in [-0.39, 0.29) is 23.2 Å². The smallest absolute Gasteiger partial charge is 0.272 e. The van der Waals surface area contributed by atoms with Gasteiger partial charge in [0.05, 0.1) is 6.04 Å². The average molecular weight is 283 g/mol. The Hall–Kier alpha value is -2.43. The van der Waals surface area contributed by atoms with Crippen LogP contribution in [0.1, 0.15) is 34.9 Å². The molecule has 0 saturated heterocycles. The number of hydrogen-bond donors (Lipinski definition) is 1. The van der Waals surface area contributed by atoms with Gasteiger partial charge in [0, 0.05) is 13.1 Å². The van der Waals surface area contributed by atoms with Gasteiger partial charge in [-0.25, -0.2) is 4.68 Å². The maximum absolute atomic E-state index is 12.3. The van der Waals surface area contributed by atoms with Gasteiger partial charge >= 0.3 is 0 Å². The van der Waals surface area contributed by atoms with E-state index in [9.17, 15) is 9.59 Å². The Morgan fingerprint density at radius 3 is 2.57 bits per heavy atom. The molecular formula is C16H17N3O2. The fraction of sp³-hybridized carbons (Fsp3) is 0.312. The zero-order valence-corrected chi connectivity index (χ0v) is 11.8. The molecule has 2 aromatic rings. The summed E-state index contributed by atoms with van der Waals surface area (Å²) in [5.74, 6) is 0.246. The van der Waals surface area contributed by atoms with E-state index in [0.717, 1.165) is 18.4 Å². The van der Waals surface area contributed by atoms with Crippen molar-refractivity contribution >= 4 is 5.91 Å². The molecule has 108 valence electrons. The van der Waals surface area contributed by atoms with Crippen molar-refractivity contribution in [1.82, 2.24) is 15.1 Å². The quantitative estimate of drug-likeness (QED) is 0.928. The van der Waals surface area contributed by atoms with Gasteiger partial charge < -0.3 is 5.32 Å². The maximum atomic E-state index is 12.3. The third-order valence-corrected chi connectivity index (χ3v) is 3.73. The molecule has 1 heterocycles. The zero-order chi connectivity index (χ0) is 14.8. The first kappa shape index (κ1) is 13.5. The van der Waals surface area contributed by atoms with Crippen molar-refractivity contribution in [2.45, 2.75) is 18.9 Å². The first-order valence-electron chi connectivity index (χ1n) is 7.05. The number of hydrogen-bond acceptors (Lipinski definition) is 3. The van der Waals surface area contributed by atoms with Crippen molar-refractivity contribution in [3.8, 4) is 0 Å². The maximum Gasteiger partial charge on any atom is 0.272 e. The second-order valence-electron chi connectivity index (χ2n) is 5.38. The molecule has 1 atom stereocenters. The largest absolute Gasteiger partial charge is 0.344 e. The molecule has 0 aliphatic heterocycles. The van der Waals surface area contributed by atoms with Crippen LogP contribution in [0.25, 0.3) is 0 Å². The molecule has 1 saturated carbocycles. The van der Waals surface area contributed by atoms with E-state index < -0.39 is 0 Å². The van der Waals surface area contributed by atoms with Gasteiger partial charge in [-0.05, 0) is 30.4 Å². The molecule has 1 aromatic carbocycles. The first-order chi connectivity index (χ1) is 10.1. The zero-order valence-electron chi connectivity index (χ0n) is 11.8. The van der Waals surface area contributed by atoms with Crippen LogP contribution in [-0.4, -0.2) is 15.7 Å². The third-order valence-electron chi connectivity index (χ3n) is 3.73. The van der Waals surface area contributed by atoms with E-state index in [1.165, 1.54) is 23.9 Å². The number of amides is 1. The summed E-state index contributed by atoms with van der Waals surface area (Å²) in [6, 6.07) is 12.8. The minimum atomic E-state index is -0.244. The summed E-state index contributed by atoms with van der Waals surface area (Å²) >= 11 is 0. The minimum absolute atomic E-state index is 0.0118. The monoisotopic (exact) mass is 283 g/mol. The van der Waals surface area contributed by atoms with Crippen molar-refractivity contribution in [1.29, 1.82) is 0 Å². The fourth-order valence-corrected chi connectivity index (χ4v) is 2.40. The molecule has 1 fully saturated rings. The van der Waals surface area contributed by atoms with Crippen LogP contribution >= 0.6 is 0 Å². The number of carbonyl (C=O) groups is 1. The summed E-state index contributed by atoms with van der Waals surface area (Å²) in [6.45, 7) is 0. The van der Waals surface area contributed by atoms with Crippen LogP contribution < -0.4 is 10.9 Å². The van der Waals surface area contributed by atoms with Gasteiger partial charge in [-0.15, -0.1) is 0 Å². The molecule has 1 aliphatic carbocycles. The molecule has 1 N–H and O–H groups in total. The predicted octanol–water partition coefficient (Wildman–Crippen LogP) is 1.66. The van der Waals surface area contributed by atoms with Crippen LogP contribution in [0, 0.1) is 5.92 Å². The fourth-order valence-electron chi connectivity index (χ4n) is 2.40. The topological polar surface area (TPSA) is 64.0 Å². The van der Waals surface area contributed by atoms with E-state index in [1.807, 2.05) is 30.3 Å². The van der Waals surface area contributed by atoms with Gasteiger partial charge in [-0.2, -0.15) is 5.10 Å². The summed E-state index contributed by atoms with van der Waals surface area (Å²) in [5, 5.41) is 7.03. The van der Waals surface area contributed by atoms with Gasteiger partial charge in [-0.1, -0.05) is 30.3 Å². The number of carbonyl (C=O) groups excluding carboxylic acids is 1. The first-order valence-corrected chi connectivity index (χ1v) is 7.05. The van der Waals surface area contributed by atoms with E-state index >= 15 is 0 Å². The summed E-state index contributed by atoms with van der Waals surface area (Å²) in [4.78, 5) is 23.7. The van der Waals surface area contributed by atoms with Gasteiger partial charge in [0.15, 0.2) is 0 Å². The molecular weight excluding hydrogens is 266 g/mol. The molecule has 1 aliphatic rings. The molecule has 1 unspecified atom stereocenters. The van der Waals surface area contributed by atoms with E-state index in [4.69, 9.17) is 0 Å². The van der Waals surface area contributed by atoms with Gasteiger partial charge in [0.2, 0.25) is 0 Å². The van der Waals surface area contributed by atoms with Crippen molar-refractivity contribution < 1.29 is 4.79 Å². The number of rotatable bonds is 4. The molecule has 3 rings (SSSR count). The molecule has 1 amide bonds. The number of aryl methyl sites for hydroxylation is 1. The Bertz CT molecular complexity index is 705. The second kappa shape index (κ2) is 5.52. The highest BCUT2D eigenvalue weighted by molar-refractivity contribution is 5.92. The van der Waals surface area contributed by atoms with Crippen molar-refractivity contribution in [2.75, 3.05) is 0 Å². The van der Waals surface area contributed by atoms with E-state index in [1.54, 1.807) is 0 Å². The Kier molecular flexibility index (Phi) is 3.56. The van der Waals surface area contributed by atoms with Crippen LogP contribution in [-0.2, 0) is 7.05 Å². The Balaban J connectivity index is 1.81. The second-order valence-corrected chi connectivity index (χ2v) is 5.38. The average Bonchev–Trinajstić information content (AvgIpc) is 3.33. The minimum Gasteiger partial charge on any atom is -0.344 e. The standard InChI is InChI=1S/C16H17N3O2/c1-19-14(20)10-9-13(18-19)16(21)17-15(12-7-8-12)11-5-3-2-4-6-11/h2-6,9-10,12,15H,7-8H2,1H3,(H,17,21). The van der Waals surface area contributed by atoms with Gasteiger partial charge in [0.25, 0.3) is 11.5 Å². The molecule has 5 nitrogen and oxygen atoms in total. The number of aromatic nitrogens is 2. The van der Waals surface area contributed by atoms with Crippen molar-refractivity contribution in [3.05, 3.63) is 64.1 Å². The SMILES string of the molecule is Cn1nc(C(=O)NC(c2ccccc2)C2CC2)ccc1=O. The Morgan fingerprint density at radius 1 is 1.24 bits per heavy atom. The number of nitrogens with zero attached hydrogens (tertiary/aromatic N) is 2. The number of benzene rings is 1. The molecule has 0 radical (unpaired) electrons. The summed E-state index contributed by atoms with van der Waals surface area (Å²) in [5.41, 5.74) is 1.14. The highest BCUT2D eigenvalue weighted by atomic mass is 16.2. The van der Waals surface area contributed by atoms with Gasteiger partial charge in [0.1, 0.15) is 5.69 Å². The third kappa shape index (κ3) is 3.02. The lowest BCUT2D eigenvalue weighted by atomic mass is 10.0. The van der Waals surface area contributed by atoms with Gasteiger partial charge in [-0.3, -0.25) is 9.59 Å². The van der Waals surface area contributed by atoms with Crippen LogP contribution in [0.5, 0.6) is 0 Å². The molecule has 5 heteroatoms. The molecule has 21 heavy (non-hydrogen) atoms. The summed E-state index contributed by atoms with van der Waals surface area (Å²) in [6.07, 6.45) is 2.25. The molecule has 1 aromatic heterocycles.